The molecule has 0 unspecified atom stereocenters. The van der Waals surface area contributed by atoms with Gasteiger partial charge in [-0.05, 0) is 19.1 Å². The van der Waals surface area contributed by atoms with Gasteiger partial charge in [0.25, 0.3) is 0 Å². The molecular weight excluding hydrogens is 336 g/mol. The maximum absolute atomic E-state index is 13.5. The Balaban J connectivity index is 2.07. The van der Waals surface area contributed by atoms with Crippen LogP contribution < -0.4 is 5.32 Å². The van der Waals surface area contributed by atoms with Crippen LogP contribution in [0.5, 0.6) is 0 Å². The first-order chi connectivity index (χ1) is 10.7. The van der Waals surface area contributed by atoms with Crippen molar-refractivity contribution in [2.75, 3.05) is 5.32 Å². The molecule has 0 radical (unpaired) electrons. The van der Waals surface area contributed by atoms with Crippen LogP contribution in [0, 0.1) is 5.82 Å². The number of alkyl halides is 3. The highest BCUT2D eigenvalue weighted by Crippen LogP contribution is 2.31. The van der Waals surface area contributed by atoms with Gasteiger partial charge in [0.1, 0.15) is 5.82 Å². The third-order valence-corrected chi connectivity index (χ3v) is 4.01. The van der Waals surface area contributed by atoms with E-state index in [9.17, 15) is 22.4 Å². The Morgan fingerprint density at radius 1 is 1.30 bits per heavy atom. The van der Waals surface area contributed by atoms with E-state index in [0.717, 1.165) is 23.4 Å². The Bertz CT molecular complexity index is 716. The number of carbonyl (C=O) groups excluding carboxylic acids is 1. The molecule has 1 N–H and O–H groups in total. The first kappa shape index (κ1) is 17.3. The van der Waals surface area contributed by atoms with E-state index >= 15 is 0 Å². The zero-order valence-electron chi connectivity index (χ0n) is 12.1. The van der Waals surface area contributed by atoms with E-state index in [1.54, 1.807) is 6.07 Å². The number of amides is 1. The number of rotatable bonds is 4. The molecule has 1 aromatic carbocycles. The molecule has 1 heterocycles. The van der Waals surface area contributed by atoms with Gasteiger partial charge in [0.2, 0.25) is 11.7 Å². The third-order valence-electron chi connectivity index (χ3n) is 2.87. The van der Waals surface area contributed by atoms with Crippen molar-refractivity contribution in [1.82, 2.24) is 14.8 Å². The van der Waals surface area contributed by atoms with Crippen molar-refractivity contribution in [3.63, 3.8) is 0 Å². The topological polar surface area (TPSA) is 59.8 Å². The van der Waals surface area contributed by atoms with Crippen molar-refractivity contribution in [2.24, 2.45) is 7.05 Å². The summed E-state index contributed by atoms with van der Waals surface area (Å²) in [5.41, 5.74) is -0.00102. The van der Waals surface area contributed by atoms with Crippen LogP contribution in [0.2, 0.25) is 0 Å². The Hall–Kier alpha value is -2.10. The first-order valence-electron chi connectivity index (χ1n) is 6.38. The van der Waals surface area contributed by atoms with Crippen LogP contribution in [0.3, 0.4) is 0 Å². The van der Waals surface area contributed by atoms with Crippen molar-refractivity contribution >= 4 is 23.4 Å². The maximum atomic E-state index is 13.5. The number of hydrogen-bond donors (Lipinski definition) is 1. The van der Waals surface area contributed by atoms with Gasteiger partial charge in [0.05, 0.1) is 10.9 Å². The van der Waals surface area contributed by atoms with Crippen molar-refractivity contribution in [2.45, 2.75) is 23.5 Å². The van der Waals surface area contributed by atoms with Crippen LogP contribution >= 0.6 is 11.8 Å². The molecule has 5 nitrogen and oxygen atoms in total. The largest absolute Gasteiger partial charge is 0.451 e. The standard InChI is InChI=1S/C13H12F4N4OS/c1-7(10(22)18-9-6-4-3-5-8(9)14)23-12-20-19-11(21(12)2)13(15,16)17/h3-7H,1-2H3,(H,18,22)/t7-/m1/s1. The van der Waals surface area contributed by atoms with Gasteiger partial charge in [-0.25, -0.2) is 4.39 Å². The molecule has 0 bridgehead atoms. The van der Waals surface area contributed by atoms with Crippen molar-refractivity contribution < 1.29 is 22.4 Å². The van der Waals surface area contributed by atoms with E-state index in [1.807, 2.05) is 0 Å². The number of thioether (sulfide) groups is 1. The fourth-order valence-electron chi connectivity index (χ4n) is 1.67. The fraction of sp³-hybridized carbons (Fsp3) is 0.308. The lowest BCUT2D eigenvalue weighted by molar-refractivity contribution is -0.147. The quantitative estimate of drug-likeness (QED) is 0.681. The molecule has 0 spiro atoms. The van der Waals surface area contributed by atoms with E-state index < -0.39 is 29.0 Å². The summed E-state index contributed by atoms with van der Waals surface area (Å²) in [6, 6.07) is 5.59. The number of benzene rings is 1. The number of aromatic nitrogens is 3. The minimum absolute atomic E-state index is 0.00102. The fourth-order valence-corrected chi connectivity index (χ4v) is 2.49. The summed E-state index contributed by atoms with van der Waals surface area (Å²) in [5.74, 6) is -2.31. The van der Waals surface area contributed by atoms with Gasteiger partial charge in [-0.2, -0.15) is 13.2 Å². The molecule has 0 saturated heterocycles. The number of halogens is 4. The first-order valence-corrected chi connectivity index (χ1v) is 7.26. The summed E-state index contributed by atoms with van der Waals surface area (Å²) in [6.07, 6.45) is -4.63. The van der Waals surface area contributed by atoms with Crippen molar-refractivity contribution in [3.8, 4) is 0 Å². The number of anilines is 1. The Morgan fingerprint density at radius 2 is 1.96 bits per heavy atom. The zero-order valence-corrected chi connectivity index (χ0v) is 12.9. The van der Waals surface area contributed by atoms with E-state index in [4.69, 9.17) is 0 Å². The summed E-state index contributed by atoms with van der Waals surface area (Å²) < 4.78 is 52.1. The number of para-hydroxylation sites is 1. The second-order valence-corrected chi connectivity index (χ2v) is 5.90. The molecule has 124 valence electrons. The third kappa shape index (κ3) is 4.01. The van der Waals surface area contributed by atoms with Gasteiger partial charge < -0.3 is 9.88 Å². The summed E-state index contributed by atoms with van der Waals surface area (Å²) in [4.78, 5) is 12.0. The molecule has 2 rings (SSSR count). The second kappa shape index (κ2) is 6.57. The lowest BCUT2D eigenvalue weighted by Gasteiger charge is -2.12. The highest BCUT2D eigenvalue weighted by molar-refractivity contribution is 8.00. The summed E-state index contributed by atoms with van der Waals surface area (Å²) in [7, 11) is 1.16. The minimum atomic E-state index is -4.63. The molecule has 0 aliphatic carbocycles. The van der Waals surface area contributed by atoms with Crippen molar-refractivity contribution in [3.05, 3.63) is 35.9 Å². The van der Waals surface area contributed by atoms with Crippen molar-refractivity contribution in [1.29, 1.82) is 0 Å². The van der Waals surface area contributed by atoms with E-state index in [2.05, 4.69) is 15.5 Å². The highest BCUT2D eigenvalue weighted by Gasteiger charge is 2.37. The van der Waals surface area contributed by atoms with Crippen LogP contribution in [-0.4, -0.2) is 25.9 Å². The van der Waals surface area contributed by atoms with Crippen LogP contribution in [0.1, 0.15) is 12.7 Å². The maximum Gasteiger partial charge on any atom is 0.451 e. The zero-order chi connectivity index (χ0) is 17.2. The van der Waals surface area contributed by atoms with Gasteiger partial charge in [-0.15, -0.1) is 10.2 Å². The van der Waals surface area contributed by atoms with Gasteiger partial charge in [0.15, 0.2) is 5.16 Å². The lowest BCUT2D eigenvalue weighted by Crippen LogP contribution is -2.23. The number of nitrogens with one attached hydrogen (secondary N) is 1. The molecular formula is C13H12F4N4OS. The Kier molecular flexibility index (Phi) is 4.93. The second-order valence-electron chi connectivity index (χ2n) is 4.59. The molecule has 1 amide bonds. The molecule has 10 heteroatoms. The predicted octanol–water partition coefficient (Wildman–Crippen LogP) is 3.09. The molecule has 0 saturated carbocycles. The lowest BCUT2D eigenvalue weighted by atomic mass is 10.3. The average Bonchev–Trinajstić information content (AvgIpc) is 2.82. The molecule has 1 aromatic heterocycles. The Labute approximate surface area is 133 Å². The highest BCUT2D eigenvalue weighted by atomic mass is 32.2. The number of hydrogen-bond acceptors (Lipinski definition) is 4. The van der Waals surface area contributed by atoms with Gasteiger partial charge >= 0.3 is 6.18 Å². The predicted molar refractivity (Wildman–Crippen MR) is 76.4 cm³/mol. The van der Waals surface area contributed by atoms with E-state index in [-0.39, 0.29) is 10.8 Å². The van der Waals surface area contributed by atoms with E-state index in [0.29, 0.717) is 0 Å². The molecule has 0 aliphatic heterocycles. The molecule has 0 fully saturated rings. The smallest absolute Gasteiger partial charge is 0.323 e. The minimum Gasteiger partial charge on any atom is -0.323 e. The molecule has 1 atom stereocenters. The van der Waals surface area contributed by atoms with Crippen LogP contribution in [0.25, 0.3) is 0 Å². The molecule has 23 heavy (non-hydrogen) atoms. The summed E-state index contributed by atoms with van der Waals surface area (Å²) in [5, 5.41) is 8.02. The molecule has 2 aromatic rings. The normalized spacial score (nSPS) is 13.0. The Morgan fingerprint density at radius 3 is 2.52 bits per heavy atom. The van der Waals surface area contributed by atoms with E-state index in [1.165, 1.54) is 25.1 Å². The number of nitrogens with zero attached hydrogens (tertiary/aromatic N) is 3. The average molecular weight is 348 g/mol. The van der Waals surface area contributed by atoms with Crippen LogP contribution in [-0.2, 0) is 18.0 Å². The summed E-state index contributed by atoms with van der Waals surface area (Å²) >= 11 is 0.795. The summed E-state index contributed by atoms with van der Waals surface area (Å²) in [6.45, 7) is 1.47. The van der Waals surface area contributed by atoms with Gasteiger partial charge in [0, 0.05) is 7.05 Å². The monoisotopic (exact) mass is 348 g/mol. The molecule has 0 aliphatic rings. The van der Waals surface area contributed by atoms with Gasteiger partial charge in [-0.1, -0.05) is 23.9 Å². The van der Waals surface area contributed by atoms with Gasteiger partial charge in [-0.3, -0.25) is 4.79 Å². The van der Waals surface area contributed by atoms with Crippen LogP contribution in [0.4, 0.5) is 23.2 Å². The van der Waals surface area contributed by atoms with Crippen LogP contribution in [0.15, 0.2) is 29.4 Å². The SMILES string of the molecule is C[C@@H](Sc1nnc(C(F)(F)F)n1C)C(=O)Nc1ccccc1F. The number of carbonyl (C=O) groups is 1.